The van der Waals surface area contributed by atoms with Crippen molar-refractivity contribution in [3.8, 4) is 5.75 Å². The number of carbonyl (C=O) groups excluding carboxylic acids is 2. The number of carboxylic acids is 1. The van der Waals surface area contributed by atoms with Crippen LogP contribution in [0.1, 0.15) is 25.8 Å². The molecule has 0 bridgehead atoms. The fourth-order valence-electron chi connectivity index (χ4n) is 2.39. The third-order valence-corrected chi connectivity index (χ3v) is 4.32. The molecule has 4 atom stereocenters. The highest BCUT2D eigenvalue weighted by molar-refractivity contribution is 5.92. The number of phenolic OH excluding ortho intramolecular Hbond substituents is 1. The lowest BCUT2D eigenvalue weighted by Crippen LogP contribution is -2.57. The number of hydrogen-bond donors (Lipinski definition) is 6. The Hall–Kier alpha value is -2.65. The van der Waals surface area contributed by atoms with Crippen molar-refractivity contribution in [2.24, 2.45) is 11.7 Å². The van der Waals surface area contributed by atoms with E-state index in [-0.39, 0.29) is 18.1 Å². The zero-order chi connectivity index (χ0) is 20.6. The molecule has 0 saturated heterocycles. The summed E-state index contributed by atoms with van der Waals surface area (Å²) in [6.07, 6.45) is 0.696. The number of aliphatic hydroxyl groups excluding tert-OH is 1. The van der Waals surface area contributed by atoms with Gasteiger partial charge in [-0.3, -0.25) is 9.59 Å². The summed E-state index contributed by atoms with van der Waals surface area (Å²) in [5, 5.41) is 32.6. The summed E-state index contributed by atoms with van der Waals surface area (Å²) < 4.78 is 0. The quantitative estimate of drug-likeness (QED) is 0.314. The molecule has 0 aliphatic rings. The third-order valence-electron chi connectivity index (χ3n) is 4.32. The van der Waals surface area contributed by atoms with Crippen LogP contribution in [0.25, 0.3) is 0 Å². The van der Waals surface area contributed by atoms with Crippen LogP contribution in [0.4, 0.5) is 0 Å². The molecule has 7 N–H and O–H groups in total. The van der Waals surface area contributed by atoms with Gasteiger partial charge in [-0.1, -0.05) is 32.4 Å². The Bertz CT molecular complexity index is 649. The molecule has 0 spiro atoms. The largest absolute Gasteiger partial charge is 0.508 e. The fourth-order valence-corrected chi connectivity index (χ4v) is 2.39. The molecule has 9 heteroatoms. The first-order chi connectivity index (χ1) is 12.7. The normalized spacial score (nSPS) is 15.3. The molecule has 2 amide bonds. The average molecular weight is 381 g/mol. The van der Waals surface area contributed by atoms with Crippen molar-refractivity contribution >= 4 is 17.8 Å². The molecule has 0 saturated carbocycles. The molecule has 27 heavy (non-hydrogen) atoms. The minimum absolute atomic E-state index is 0.0862. The number of hydrogen-bond acceptors (Lipinski definition) is 6. The zero-order valence-corrected chi connectivity index (χ0v) is 15.4. The monoisotopic (exact) mass is 381 g/mol. The van der Waals surface area contributed by atoms with Gasteiger partial charge in [0.05, 0.1) is 12.6 Å². The Balaban J connectivity index is 2.69. The Labute approximate surface area is 157 Å². The SMILES string of the molecule is CC[C@H](C)[C@H](NC(=O)[C@H](CO)NC(=O)[C@@H](N)Cc1ccc(O)cc1)C(=O)O. The Morgan fingerprint density at radius 2 is 1.70 bits per heavy atom. The van der Waals surface area contributed by atoms with E-state index in [0.29, 0.717) is 12.0 Å². The first-order valence-corrected chi connectivity index (χ1v) is 8.67. The van der Waals surface area contributed by atoms with Gasteiger partial charge in [0.1, 0.15) is 17.8 Å². The molecule has 0 unspecified atom stereocenters. The van der Waals surface area contributed by atoms with Crippen LogP contribution in [-0.4, -0.2) is 57.8 Å². The first kappa shape index (κ1) is 22.4. The number of carbonyl (C=O) groups is 3. The number of amides is 2. The number of phenols is 1. The number of aliphatic hydroxyl groups is 1. The first-order valence-electron chi connectivity index (χ1n) is 8.67. The number of aliphatic carboxylic acids is 1. The van der Waals surface area contributed by atoms with Crippen LogP contribution in [-0.2, 0) is 20.8 Å². The van der Waals surface area contributed by atoms with Crippen LogP contribution in [0.5, 0.6) is 5.75 Å². The number of aromatic hydroxyl groups is 1. The zero-order valence-electron chi connectivity index (χ0n) is 15.4. The molecule has 0 radical (unpaired) electrons. The Kier molecular flexibility index (Phi) is 8.70. The number of nitrogens with two attached hydrogens (primary N) is 1. The van der Waals surface area contributed by atoms with E-state index in [9.17, 15) is 29.7 Å². The van der Waals surface area contributed by atoms with Crippen molar-refractivity contribution in [1.29, 1.82) is 0 Å². The predicted octanol–water partition coefficient (Wildman–Crippen LogP) is -0.645. The smallest absolute Gasteiger partial charge is 0.326 e. The minimum Gasteiger partial charge on any atom is -0.508 e. The molecule has 0 aromatic heterocycles. The Morgan fingerprint density at radius 3 is 2.19 bits per heavy atom. The van der Waals surface area contributed by atoms with Crippen molar-refractivity contribution in [2.45, 2.75) is 44.8 Å². The van der Waals surface area contributed by atoms with Gasteiger partial charge in [-0.15, -0.1) is 0 Å². The summed E-state index contributed by atoms with van der Waals surface area (Å²) in [5.74, 6) is -2.88. The van der Waals surface area contributed by atoms with Gasteiger partial charge in [-0.25, -0.2) is 4.79 Å². The van der Waals surface area contributed by atoms with Crippen LogP contribution in [0, 0.1) is 5.92 Å². The van der Waals surface area contributed by atoms with Gasteiger partial charge in [-0.2, -0.15) is 0 Å². The molecule has 1 aromatic carbocycles. The number of nitrogens with one attached hydrogen (secondary N) is 2. The molecule has 1 aromatic rings. The van der Waals surface area contributed by atoms with E-state index >= 15 is 0 Å². The standard InChI is InChI=1S/C18H27N3O6/c1-3-10(2)15(18(26)27)21-17(25)14(9-22)20-16(24)13(19)8-11-4-6-12(23)7-5-11/h4-7,10,13-15,22-23H,3,8-9,19H2,1-2H3,(H,20,24)(H,21,25)(H,26,27)/t10-,13-,14-,15-/m0/s1. The van der Waals surface area contributed by atoms with E-state index in [4.69, 9.17) is 5.73 Å². The van der Waals surface area contributed by atoms with Crippen molar-refractivity contribution in [2.75, 3.05) is 6.61 Å². The second-order valence-electron chi connectivity index (χ2n) is 6.43. The summed E-state index contributed by atoms with van der Waals surface area (Å²) in [5.41, 5.74) is 6.54. The van der Waals surface area contributed by atoms with Crippen molar-refractivity contribution in [3.05, 3.63) is 29.8 Å². The van der Waals surface area contributed by atoms with Crippen LogP contribution in [0.3, 0.4) is 0 Å². The van der Waals surface area contributed by atoms with Crippen molar-refractivity contribution < 1.29 is 29.7 Å². The van der Waals surface area contributed by atoms with Crippen LogP contribution >= 0.6 is 0 Å². The predicted molar refractivity (Wildman–Crippen MR) is 97.8 cm³/mol. The molecule has 0 aliphatic carbocycles. The molecular formula is C18H27N3O6. The van der Waals surface area contributed by atoms with Gasteiger partial charge >= 0.3 is 5.97 Å². The maximum atomic E-state index is 12.2. The molecule has 0 heterocycles. The van der Waals surface area contributed by atoms with Crippen molar-refractivity contribution in [1.82, 2.24) is 10.6 Å². The maximum Gasteiger partial charge on any atom is 0.326 e. The maximum absolute atomic E-state index is 12.2. The number of rotatable bonds is 10. The Morgan fingerprint density at radius 1 is 1.11 bits per heavy atom. The van der Waals surface area contributed by atoms with E-state index in [1.165, 1.54) is 12.1 Å². The van der Waals surface area contributed by atoms with Gasteiger partial charge in [0, 0.05) is 0 Å². The summed E-state index contributed by atoms with van der Waals surface area (Å²) in [4.78, 5) is 35.8. The molecule has 150 valence electrons. The lowest BCUT2D eigenvalue weighted by atomic mass is 9.99. The lowest BCUT2D eigenvalue weighted by molar-refractivity contribution is -0.144. The topological polar surface area (TPSA) is 162 Å². The highest BCUT2D eigenvalue weighted by Crippen LogP contribution is 2.11. The molecule has 9 nitrogen and oxygen atoms in total. The number of benzene rings is 1. The average Bonchev–Trinajstić information content (AvgIpc) is 2.64. The highest BCUT2D eigenvalue weighted by Gasteiger charge is 2.30. The van der Waals surface area contributed by atoms with Crippen LogP contribution in [0.15, 0.2) is 24.3 Å². The van der Waals surface area contributed by atoms with E-state index in [2.05, 4.69) is 10.6 Å². The second kappa shape index (κ2) is 10.5. The summed E-state index contributed by atoms with van der Waals surface area (Å²) >= 11 is 0. The fraction of sp³-hybridized carbons (Fsp3) is 0.500. The van der Waals surface area contributed by atoms with Crippen molar-refractivity contribution in [3.63, 3.8) is 0 Å². The molecule has 0 aliphatic heterocycles. The minimum atomic E-state index is -1.31. The van der Waals surface area contributed by atoms with E-state index in [1.807, 2.05) is 0 Å². The van der Waals surface area contributed by atoms with E-state index < -0.39 is 42.5 Å². The molecule has 0 fully saturated rings. The van der Waals surface area contributed by atoms with Gasteiger partial charge < -0.3 is 31.7 Å². The summed E-state index contributed by atoms with van der Waals surface area (Å²) in [6.45, 7) is 2.77. The van der Waals surface area contributed by atoms with Gasteiger partial charge in [-0.05, 0) is 30.0 Å². The second-order valence-corrected chi connectivity index (χ2v) is 6.43. The molecule has 1 rings (SSSR count). The number of carboxylic acid groups (broad SMARTS) is 1. The molecular weight excluding hydrogens is 354 g/mol. The summed E-state index contributed by atoms with van der Waals surface area (Å²) in [6, 6.07) is 2.73. The highest BCUT2D eigenvalue weighted by atomic mass is 16.4. The van der Waals surface area contributed by atoms with Crippen LogP contribution < -0.4 is 16.4 Å². The van der Waals surface area contributed by atoms with Gasteiger partial charge in [0.15, 0.2) is 0 Å². The lowest BCUT2D eigenvalue weighted by Gasteiger charge is -2.24. The summed E-state index contributed by atoms with van der Waals surface area (Å²) in [7, 11) is 0. The van der Waals surface area contributed by atoms with Gasteiger partial charge in [0.2, 0.25) is 11.8 Å². The van der Waals surface area contributed by atoms with E-state index in [0.717, 1.165) is 0 Å². The third kappa shape index (κ3) is 6.87. The van der Waals surface area contributed by atoms with Crippen LogP contribution in [0.2, 0.25) is 0 Å². The van der Waals surface area contributed by atoms with Gasteiger partial charge in [0.25, 0.3) is 0 Å². The van der Waals surface area contributed by atoms with E-state index in [1.54, 1.807) is 26.0 Å².